The summed E-state index contributed by atoms with van der Waals surface area (Å²) in [6.07, 6.45) is 8.24. The van der Waals surface area contributed by atoms with Crippen LogP contribution in [0.3, 0.4) is 0 Å². The molecule has 2 aromatic carbocycles. The van der Waals surface area contributed by atoms with Gasteiger partial charge in [0, 0.05) is 0 Å². The van der Waals surface area contributed by atoms with E-state index in [2.05, 4.69) is 31.2 Å². The molecule has 0 bridgehead atoms. The smallest absolute Gasteiger partial charge is 0.229 e. The van der Waals surface area contributed by atoms with Crippen molar-refractivity contribution in [2.24, 2.45) is 0 Å². The lowest BCUT2D eigenvalue weighted by Crippen LogP contribution is -2.07. The Bertz CT molecular complexity index is 605. The lowest BCUT2D eigenvalue weighted by atomic mass is 9.92. The lowest BCUT2D eigenvalue weighted by molar-refractivity contribution is -0.113. The molecule has 1 atom stereocenters. The van der Waals surface area contributed by atoms with Crippen LogP contribution in [0.1, 0.15) is 63.4 Å². The number of halogens is 1. The highest BCUT2D eigenvalue weighted by atomic mass is 35.5. The Hall–Kier alpha value is -1.34. The molecule has 2 heteroatoms. The Morgan fingerprint density at radius 3 is 2.36 bits per heavy atom. The summed E-state index contributed by atoms with van der Waals surface area (Å²) in [5.41, 5.74) is 1.05. The van der Waals surface area contributed by atoms with Crippen LogP contribution in [0, 0.1) is 0 Å². The fourth-order valence-electron chi connectivity index (χ4n) is 2.96. The van der Waals surface area contributed by atoms with Crippen molar-refractivity contribution in [3.8, 4) is 0 Å². The molecular weight excluding hydrogens is 292 g/mol. The minimum absolute atomic E-state index is 0.169. The predicted octanol–water partition coefficient (Wildman–Crippen LogP) is 6.44. The van der Waals surface area contributed by atoms with Gasteiger partial charge in [0.2, 0.25) is 5.24 Å². The molecule has 0 fully saturated rings. The first kappa shape index (κ1) is 17.0. The fraction of sp³-hybridized carbons (Fsp3) is 0.450. The largest absolute Gasteiger partial charge is 0.281 e. The Labute approximate surface area is 138 Å². The third-order valence-electron chi connectivity index (χ3n) is 4.30. The summed E-state index contributed by atoms with van der Waals surface area (Å²) in [4.78, 5) is 11.8. The molecule has 0 aliphatic carbocycles. The van der Waals surface area contributed by atoms with E-state index >= 15 is 0 Å². The molecule has 0 spiro atoms. The van der Waals surface area contributed by atoms with Gasteiger partial charge in [0.15, 0.2) is 0 Å². The van der Waals surface area contributed by atoms with E-state index in [1.807, 2.05) is 18.2 Å². The van der Waals surface area contributed by atoms with Crippen LogP contribution >= 0.6 is 11.6 Å². The van der Waals surface area contributed by atoms with E-state index in [-0.39, 0.29) is 11.2 Å². The van der Waals surface area contributed by atoms with Crippen LogP contribution in [0.25, 0.3) is 10.8 Å². The number of carbonyl (C=O) groups excluding carboxylic acids is 1. The molecule has 0 aromatic heterocycles. The molecule has 0 amide bonds. The van der Waals surface area contributed by atoms with Gasteiger partial charge in [-0.1, -0.05) is 87.9 Å². The van der Waals surface area contributed by atoms with Crippen LogP contribution in [0.15, 0.2) is 42.5 Å². The highest BCUT2D eigenvalue weighted by Gasteiger charge is 2.18. The van der Waals surface area contributed by atoms with Gasteiger partial charge >= 0.3 is 0 Å². The van der Waals surface area contributed by atoms with Crippen LogP contribution < -0.4 is 0 Å². The Kier molecular flexibility index (Phi) is 6.92. The maximum Gasteiger partial charge on any atom is 0.229 e. The second kappa shape index (κ2) is 8.95. The molecule has 22 heavy (non-hydrogen) atoms. The number of carbonyl (C=O) groups is 1. The van der Waals surface area contributed by atoms with Gasteiger partial charge in [0.1, 0.15) is 0 Å². The summed E-state index contributed by atoms with van der Waals surface area (Å²) in [6, 6.07) is 14.5. The summed E-state index contributed by atoms with van der Waals surface area (Å²) in [7, 11) is 0. The van der Waals surface area contributed by atoms with E-state index in [9.17, 15) is 4.79 Å². The SMILES string of the molecule is CCCCCCCCC(C(=O)Cl)c1ccc2ccccc2c1. The van der Waals surface area contributed by atoms with Crippen LogP contribution in [0.4, 0.5) is 0 Å². The molecule has 2 rings (SSSR count). The van der Waals surface area contributed by atoms with Gasteiger partial charge in [-0.3, -0.25) is 4.79 Å². The van der Waals surface area contributed by atoms with Gasteiger partial charge in [-0.25, -0.2) is 0 Å². The standard InChI is InChI=1S/C20H25ClO/c1-2-3-4-5-6-7-12-19(20(21)22)18-14-13-16-10-8-9-11-17(16)15-18/h8-11,13-15,19H,2-7,12H2,1H3. The number of fused-ring (bicyclic) bond motifs is 1. The number of hydrogen-bond acceptors (Lipinski definition) is 1. The molecule has 0 saturated heterocycles. The van der Waals surface area contributed by atoms with E-state index in [0.717, 1.165) is 18.4 Å². The van der Waals surface area contributed by atoms with E-state index in [0.29, 0.717) is 0 Å². The molecule has 118 valence electrons. The van der Waals surface area contributed by atoms with Crippen molar-refractivity contribution >= 4 is 27.6 Å². The summed E-state index contributed by atoms with van der Waals surface area (Å²) < 4.78 is 0. The maximum atomic E-state index is 11.8. The highest BCUT2D eigenvalue weighted by Crippen LogP contribution is 2.28. The van der Waals surface area contributed by atoms with Gasteiger partial charge in [-0.05, 0) is 34.4 Å². The molecule has 0 heterocycles. The second-order valence-corrected chi connectivity index (χ2v) is 6.39. The zero-order valence-electron chi connectivity index (χ0n) is 13.4. The Morgan fingerprint density at radius 2 is 1.64 bits per heavy atom. The van der Waals surface area contributed by atoms with Crippen molar-refractivity contribution in [3.63, 3.8) is 0 Å². The van der Waals surface area contributed by atoms with Crippen LogP contribution in [0.5, 0.6) is 0 Å². The van der Waals surface area contributed by atoms with Gasteiger partial charge in [-0.2, -0.15) is 0 Å². The monoisotopic (exact) mass is 316 g/mol. The minimum atomic E-state index is -0.233. The van der Waals surface area contributed by atoms with E-state index in [1.54, 1.807) is 0 Å². The number of hydrogen-bond donors (Lipinski definition) is 0. The molecule has 1 unspecified atom stereocenters. The summed E-state index contributed by atoms with van der Waals surface area (Å²) in [5.74, 6) is -0.169. The molecular formula is C20H25ClO. The van der Waals surface area contributed by atoms with Crippen LogP contribution in [-0.2, 0) is 4.79 Å². The zero-order chi connectivity index (χ0) is 15.8. The molecule has 0 saturated carbocycles. The number of rotatable bonds is 9. The maximum absolute atomic E-state index is 11.8. The minimum Gasteiger partial charge on any atom is -0.281 e. The van der Waals surface area contributed by atoms with E-state index < -0.39 is 0 Å². The van der Waals surface area contributed by atoms with Crippen molar-refractivity contribution in [2.45, 2.75) is 57.8 Å². The fourth-order valence-corrected chi connectivity index (χ4v) is 3.20. The van der Waals surface area contributed by atoms with Gasteiger partial charge < -0.3 is 0 Å². The first-order chi connectivity index (χ1) is 10.7. The van der Waals surface area contributed by atoms with Crippen molar-refractivity contribution in [1.29, 1.82) is 0 Å². The molecule has 0 aliphatic rings. The van der Waals surface area contributed by atoms with E-state index in [4.69, 9.17) is 11.6 Å². The number of benzene rings is 2. The van der Waals surface area contributed by atoms with Crippen molar-refractivity contribution in [3.05, 3.63) is 48.0 Å². The number of unbranched alkanes of at least 4 members (excludes halogenated alkanes) is 5. The van der Waals surface area contributed by atoms with Gasteiger partial charge in [0.25, 0.3) is 0 Å². The normalized spacial score (nSPS) is 12.5. The van der Waals surface area contributed by atoms with Crippen molar-refractivity contribution in [2.75, 3.05) is 0 Å². The molecule has 1 nitrogen and oxygen atoms in total. The molecule has 2 aromatic rings. The third-order valence-corrected chi connectivity index (χ3v) is 4.56. The Morgan fingerprint density at radius 1 is 0.955 bits per heavy atom. The van der Waals surface area contributed by atoms with Crippen LogP contribution in [0.2, 0.25) is 0 Å². The first-order valence-corrected chi connectivity index (χ1v) is 8.78. The quantitative estimate of drug-likeness (QED) is 0.384. The average molecular weight is 317 g/mol. The molecule has 0 aliphatic heterocycles. The third kappa shape index (κ3) is 4.84. The molecule has 0 N–H and O–H groups in total. The zero-order valence-corrected chi connectivity index (χ0v) is 14.1. The van der Waals surface area contributed by atoms with Crippen LogP contribution in [-0.4, -0.2) is 5.24 Å². The van der Waals surface area contributed by atoms with Crippen molar-refractivity contribution < 1.29 is 4.79 Å². The topological polar surface area (TPSA) is 17.1 Å². The summed E-state index contributed by atoms with van der Waals surface area (Å²) in [5, 5.41) is 2.14. The van der Waals surface area contributed by atoms with E-state index in [1.165, 1.54) is 42.9 Å². The second-order valence-electron chi connectivity index (χ2n) is 6.02. The average Bonchev–Trinajstić information content (AvgIpc) is 2.53. The van der Waals surface area contributed by atoms with Gasteiger partial charge in [0.05, 0.1) is 5.92 Å². The highest BCUT2D eigenvalue weighted by molar-refractivity contribution is 6.64. The van der Waals surface area contributed by atoms with Crippen molar-refractivity contribution in [1.82, 2.24) is 0 Å². The summed E-state index contributed by atoms with van der Waals surface area (Å²) in [6.45, 7) is 2.22. The summed E-state index contributed by atoms with van der Waals surface area (Å²) >= 11 is 5.85. The first-order valence-electron chi connectivity index (χ1n) is 8.40. The Balaban J connectivity index is 1.98. The molecule has 0 radical (unpaired) electrons. The predicted molar refractivity (Wildman–Crippen MR) is 95.5 cm³/mol. The van der Waals surface area contributed by atoms with Gasteiger partial charge in [-0.15, -0.1) is 0 Å². The lowest BCUT2D eigenvalue weighted by Gasteiger charge is -2.14.